The largest absolute Gasteiger partial charge is 0.444 e. The first kappa shape index (κ1) is 29.3. The van der Waals surface area contributed by atoms with Gasteiger partial charge in [-0.15, -0.1) is 0 Å². The van der Waals surface area contributed by atoms with Gasteiger partial charge >= 0.3 is 12.2 Å². The Hall–Kier alpha value is -3.29. The van der Waals surface area contributed by atoms with Gasteiger partial charge in [-0.2, -0.15) is 0 Å². The lowest BCUT2D eigenvalue weighted by Crippen LogP contribution is -2.39. The molecule has 2 heterocycles. The summed E-state index contributed by atoms with van der Waals surface area (Å²) in [4.78, 5) is 27.5. The Bertz CT molecular complexity index is 1040. The number of carbonyl (C=O) groups excluding carboxylic acids is 2. The summed E-state index contributed by atoms with van der Waals surface area (Å²) >= 11 is 0. The van der Waals surface area contributed by atoms with Gasteiger partial charge in [-0.3, -0.25) is 4.39 Å². The van der Waals surface area contributed by atoms with E-state index >= 15 is 0 Å². The Morgan fingerprint density at radius 2 is 1.24 bits per heavy atom. The van der Waals surface area contributed by atoms with Crippen LogP contribution in [0.15, 0.2) is 36.4 Å². The van der Waals surface area contributed by atoms with E-state index in [-0.39, 0.29) is 12.2 Å². The van der Waals surface area contributed by atoms with Crippen LogP contribution in [0.5, 0.6) is 0 Å². The summed E-state index contributed by atoms with van der Waals surface area (Å²) in [6, 6.07) is 12.3. The molecule has 0 aliphatic carbocycles. The van der Waals surface area contributed by atoms with Gasteiger partial charge in [0.05, 0.1) is 8.52 Å². The van der Waals surface area contributed by atoms with Crippen molar-refractivity contribution in [3.63, 3.8) is 0 Å². The van der Waals surface area contributed by atoms with E-state index in [1.165, 1.54) is 22.3 Å². The van der Waals surface area contributed by atoms with E-state index in [1.54, 1.807) is 9.80 Å². The number of amides is 2. The van der Waals surface area contributed by atoms with Crippen LogP contribution in [0.3, 0.4) is 0 Å². The lowest BCUT2D eigenvalue weighted by molar-refractivity contribution is 0.0214. The van der Waals surface area contributed by atoms with E-state index < -0.39 is 18.4 Å². The Morgan fingerprint density at radius 1 is 0.816 bits per heavy atom. The fourth-order valence-electron chi connectivity index (χ4n) is 4.22. The van der Waals surface area contributed by atoms with Crippen molar-refractivity contribution < 1.29 is 24.8 Å². The monoisotopic (exact) mass is 530 g/mol. The number of carbonyl (C=O) groups is 2. The predicted octanol–water partition coefficient (Wildman–Crippen LogP) is 6.44. The number of hydrogen-bond donors (Lipinski definition) is 1. The van der Waals surface area contributed by atoms with Crippen molar-refractivity contribution in [2.75, 3.05) is 26.0 Å². The fraction of sp³-hybridized carbons (Fsp3) is 0.533. The fourth-order valence-corrected chi connectivity index (χ4v) is 4.22. The lowest BCUT2D eigenvalue weighted by atomic mass is 9.98. The third kappa shape index (κ3) is 9.54. The van der Waals surface area contributed by atoms with Crippen LogP contribution in [0.2, 0.25) is 0 Å². The summed E-state index contributed by atoms with van der Waals surface area (Å²) in [6.45, 7) is 16.1. The molecule has 2 aliphatic heterocycles. The maximum atomic E-state index is 12.0. The summed E-state index contributed by atoms with van der Waals surface area (Å²) in [5.41, 5.74) is 11.9. The number of aryl methyl sites for hydroxylation is 1. The van der Waals surface area contributed by atoms with Crippen LogP contribution in [0, 0.1) is 6.92 Å². The molecule has 38 heavy (non-hydrogen) atoms. The first-order valence-corrected chi connectivity index (χ1v) is 12.9. The zero-order valence-corrected chi connectivity index (χ0v) is 23.9. The second-order valence-corrected chi connectivity index (χ2v) is 11.6. The molecule has 0 radical (unpaired) electrons. The summed E-state index contributed by atoms with van der Waals surface area (Å²) < 4.78 is 26.3. The normalized spacial score (nSPS) is 14.9. The highest BCUT2D eigenvalue weighted by atomic mass is 19.1. The minimum Gasteiger partial charge on any atom is -0.444 e. The first-order chi connectivity index (χ1) is 18.1. The van der Waals surface area contributed by atoms with Crippen molar-refractivity contribution in [1.29, 1.82) is 0 Å². The maximum Gasteiger partial charge on any atom is 0.410 e. The molecule has 2 amide bonds. The molecule has 210 valence electrons. The summed E-state index contributed by atoms with van der Waals surface area (Å²) in [7, 11) is -1.00. The summed E-state index contributed by atoms with van der Waals surface area (Å²) in [5, 5.41) is 0. The van der Waals surface area contributed by atoms with Gasteiger partial charge in [0, 0.05) is 31.9 Å². The van der Waals surface area contributed by atoms with Crippen LogP contribution in [0.4, 0.5) is 19.7 Å². The van der Waals surface area contributed by atoms with Crippen molar-refractivity contribution in [2.45, 2.75) is 85.6 Å². The number of alkyl halides is 1. The van der Waals surface area contributed by atoms with Gasteiger partial charge in [0.1, 0.15) is 11.2 Å². The molecule has 0 fully saturated rings. The average Bonchev–Trinajstić information content (AvgIpc) is 2.82. The molecule has 0 atom stereocenters. The molecule has 2 aliphatic rings. The van der Waals surface area contributed by atoms with Crippen molar-refractivity contribution in [3.8, 4) is 0 Å². The third-order valence-corrected chi connectivity index (χ3v) is 5.92. The second kappa shape index (κ2) is 13.0. The molecule has 0 saturated carbocycles. The van der Waals surface area contributed by atoms with Crippen molar-refractivity contribution >= 4 is 17.9 Å². The number of nitrogen functional groups attached to an aromatic ring is 1. The van der Waals surface area contributed by atoms with Crippen LogP contribution in [-0.2, 0) is 35.4 Å². The third-order valence-electron chi connectivity index (χ3n) is 5.92. The summed E-state index contributed by atoms with van der Waals surface area (Å²) in [6.07, 6.45) is 1.29. The molecule has 0 aromatic heterocycles. The number of fused-ring (bicyclic) bond motifs is 2. The first-order valence-electron chi connectivity index (χ1n) is 13.6. The van der Waals surface area contributed by atoms with Gasteiger partial charge in [-0.1, -0.05) is 29.8 Å². The number of nitrogens with zero attached hydrogens (tertiary/aromatic N) is 2. The molecule has 8 heteroatoms. The van der Waals surface area contributed by atoms with Crippen LogP contribution in [0.1, 0.15) is 70.7 Å². The molecule has 7 nitrogen and oxygen atoms in total. The topological polar surface area (TPSA) is 85.1 Å². The quantitative estimate of drug-likeness (QED) is 0.397. The Balaban J connectivity index is 0.000000249. The van der Waals surface area contributed by atoms with E-state index in [4.69, 9.17) is 16.6 Å². The molecule has 0 unspecified atom stereocenters. The molecule has 2 N–H and O–H groups in total. The average molecular weight is 531 g/mol. The van der Waals surface area contributed by atoms with Gasteiger partial charge in [0.2, 0.25) is 0 Å². The predicted molar refractivity (Wildman–Crippen MR) is 150 cm³/mol. The number of hydrogen-bond acceptors (Lipinski definition) is 5. The Labute approximate surface area is 228 Å². The van der Waals surface area contributed by atoms with E-state index in [0.29, 0.717) is 19.6 Å². The number of rotatable bonds is 0. The lowest BCUT2D eigenvalue weighted by Gasteiger charge is -2.31. The Morgan fingerprint density at radius 3 is 1.68 bits per heavy atom. The zero-order valence-electron chi connectivity index (χ0n) is 24.9. The van der Waals surface area contributed by atoms with Gasteiger partial charge in [0.25, 0.3) is 0 Å². The van der Waals surface area contributed by atoms with Crippen LogP contribution >= 0.6 is 0 Å². The highest BCUT2D eigenvalue weighted by Gasteiger charge is 2.26. The minimum absolute atomic E-state index is 0.214. The standard InChI is InChI=1S/C15H21NO2.C14H20N2O2.CH3F/c1-11-5-6-13-10-16(8-7-12(13)9-11)14(17)18-15(2,3)4;1-14(2,3)18-13(17)16-7-6-10-8-12(15)5-4-11(10)9-16;1-2/h5-6,9H,7-8,10H2,1-4H3;4-5,8H,6-7,9,15H2,1-3H3;1H3/i;;1D. The van der Waals surface area contributed by atoms with Crippen LogP contribution in [-0.4, -0.2) is 53.4 Å². The van der Waals surface area contributed by atoms with Gasteiger partial charge in [-0.05, 0) is 95.7 Å². The second-order valence-electron chi connectivity index (χ2n) is 11.6. The smallest absolute Gasteiger partial charge is 0.410 e. The van der Waals surface area contributed by atoms with Gasteiger partial charge in [0.15, 0.2) is 0 Å². The number of halogens is 1. The van der Waals surface area contributed by atoms with Crippen molar-refractivity contribution in [1.82, 2.24) is 9.80 Å². The van der Waals surface area contributed by atoms with Crippen LogP contribution in [0.25, 0.3) is 0 Å². The SMILES string of the molecule is CC(C)(C)OC(=O)N1CCc2cc(N)ccc2C1.Cc1ccc2c(c1)CCN(C(=O)OC(C)(C)C)C2.[2H]CF. The van der Waals surface area contributed by atoms with Gasteiger partial charge in [-0.25, -0.2) is 9.59 Å². The molecule has 2 aromatic rings. The number of anilines is 1. The highest BCUT2D eigenvalue weighted by molar-refractivity contribution is 5.69. The molecule has 2 aromatic carbocycles. The summed E-state index contributed by atoms with van der Waals surface area (Å²) in [5.74, 6) is 0. The maximum absolute atomic E-state index is 12.0. The van der Waals surface area contributed by atoms with E-state index in [1.807, 2.05) is 59.7 Å². The molecular weight excluding hydrogens is 485 g/mol. The highest BCUT2D eigenvalue weighted by Crippen LogP contribution is 2.23. The van der Waals surface area contributed by atoms with E-state index in [9.17, 15) is 14.0 Å². The number of benzene rings is 2. The number of ether oxygens (including phenoxy) is 2. The molecule has 0 saturated heterocycles. The van der Waals surface area contributed by atoms with Crippen LogP contribution < -0.4 is 5.73 Å². The molecule has 0 bridgehead atoms. The number of nitrogens with two attached hydrogens (primary N) is 1. The molecular formula is C30H44FN3O4. The minimum atomic E-state index is -1.00. The van der Waals surface area contributed by atoms with Gasteiger partial charge < -0.3 is 25.0 Å². The van der Waals surface area contributed by atoms with E-state index in [0.717, 1.165) is 30.6 Å². The molecule has 4 rings (SSSR count). The van der Waals surface area contributed by atoms with Crippen molar-refractivity contribution in [2.24, 2.45) is 0 Å². The molecule has 0 spiro atoms. The van der Waals surface area contributed by atoms with Crippen molar-refractivity contribution in [3.05, 3.63) is 64.2 Å². The van der Waals surface area contributed by atoms with E-state index in [2.05, 4.69) is 25.1 Å². The Kier molecular flexibility index (Phi) is 10.00. The zero-order chi connectivity index (χ0) is 29.4.